The average molecular weight is 420 g/mol. The Morgan fingerprint density at radius 3 is 2.48 bits per heavy atom. The Balaban J connectivity index is 1.65. The van der Waals surface area contributed by atoms with Gasteiger partial charge in [-0.1, -0.05) is 62.4 Å². The fraction of sp³-hybridized carbons (Fsp3) is 0.444. The molecule has 2 atom stereocenters. The topological polar surface area (TPSA) is 48.1 Å². The van der Waals surface area contributed by atoms with Crippen molar-refractivity contribution in [3.8, 4) is 0 Å². The summed E-state index contributed by atoms with van der Waals surface area (Å²) < 4.78 is 0. The van der Waals surface area contributed by atoms with E-state index >= 15 is 0 Å². The molecule has 0 saturated heterocycles. The summed E-state index contributed by atoms with van der Waals surface area (Å²) in [5.41, 5.74) is 3.61. The van der Waals surface area contributed by atoms with E-state index in [0.717, 1.165) is 44.4 Å². The fourth-order valence-corrected chi connectivity index (χ4v) is 4.41. The van der Waals surface area contributed by atoms with Crippen LogP contribution in [-0.4, -0.2) is 41.5 Å². The zero-order chi connectivity index (χ0) is 22.1. The van der Waals surface area contributed by atoms with Crippen molar-refractivity contribution in [1.82, 2.24) is 15.2 Å². The van der Waals surface area contributed by atoms with Gasteiger partial charge in [0.15, 0.2) is 0 Å². The lowest BCUT2D eigenvalue weighted by molar-refractivity contribution is -0.122. The van der Waals surface area contributed by atoms with Gasteiger partial charge in [0.25, 0.3) is 0 Å². The molecule has 2 unspecified atom stereocenters. The van der Waals surface area contributed by atoms with E-state index in [9.17, 15) is 4.79 Å². The van der Waals surface area contributed by atoms with Crippen LogP contribution in [0, 0.1) is 0 Å². The molecule has 2 N–H and O–H groups in total. The summed E-state index contributed by atoms with van der Waals surface area (Å²) in [6.07, 6.45) is 5.56. The molecule has 31 heavy (non-hydrogen) atoms. The van der Waals surface area contributed by atoms with Crippen LogP contribution in [-0.2, 0) is 11.2 Å². The van der Waals surface area contributed by atoms with E-state index < -0.39 is 0 Å². The molecular weight excluding hydrogens is 382 g/mol. The molecule has 0 spiro atoms. The highest BCUT2D eigenvalue weighted by Crippen LogP contribution is 2.31. The highest BCUT2D eigenvalue weighted by molar-refractivity contribution is 5.85. The number of nitrogens with one attached hydrogen (secondary N) is 2. The smallest absolute Gasteiger partial charge is 0.220 e. The predicted molar refractivity (Wildman–Crippen MR) is 130 cm³/mol. The Morgan fingerprint density at radius 2 is 1.74 bits per heavy atom. The number of benzene rings is 2. The summed E-state index contributed by atoms with van der Waals surface area (Å²) in [5.74, 6) is 0.281. The second kappa shape index (κ2) is 11.7. The lowest BCUT2D eigenvalue weighted by Crippen LogP contribution is -2.34. The lowest BCUT2D eigenvalue weighted by atomic mass is 9.88. The van der Waals surface area contributed by atoms with Gasteiger partial charge in [0, 0.05) is 29.6 Å². The maximum Gasteiger partial charge on any atom is 0.220 e. The minimum Gasteiger partial charge on any atom is -0.361 e. The quantitative estimate of drug-likeness (QED) is 0.407. The van der Waals surface area contributed by atoms with E-state index in [1.54, 1.807) is 0 Å². The number of hydrogen-bond acceptors (Lipinski definition) is 2. The number of rotatable bonds is 12. The van der Waals surface area contributed by atoms with Crippen molar-refractivity contribution in [1.29, 1.82) is 0 Å². The first-order valence-electron chi connectivity index (χ1n) is 11.7. The van der Waals surface area contributed by atoms with E-state index in [-0.39, 0.29) is 17.9 Å². The third-order valence-electron chi connectivity index (χ3n) is 6.23. The molecule has 4 nitrogen and oxygen atoms in total. The summed E-state index contributed by atoms with van der Waals surface area (Å²) in [4.78, 5) is 18.8. The van der Waals surface area contributed by atoms with E-state index in [0.29, 0.717) is 6.42 Å². The van der Waals surface area contributed by atoms with Crippen LogP contribution in [0.4, 0.5) is 0 Å². The van der Waals surface area contributed by atoms with Crippen molar-refractivity contribution in [3.63, 3.8) is 0 Å². The molecule has 0 aliphatic rings. The highest BCUT2D eigenvalue weighted by atomic mass is 16.1. The number of para-hydroxylation sites is 1. The molecule has 3 rings (SSSR count). The van der Waals surface area contributed by atoms with Gasteiger partial charge in [0.1, 0.15) is 0 Å². The van der Waals surface area contributed by atoms with E-state index in [4.69, 9.17) is 0 Å². The Morgan fingerprint density at radius 1 is 1.03 bits per heavy atom. The molecule has 1 amide bonds. The van der Waals surface area contributed by atoms with Crippen LogP contribution in [0.15, 0.2) is 60.8 Å². The van der Waals surface area contributed by atoms with Crippen molar-refractivity contribution in [2.45, 2.75) is 58.4 Å². The monoisotopic (exact) mass is 419 g/mol. The molecule has 0 fully saturated rings. The molecule has 166 valence electrons. The number of aromatic nitrogens is 1. The number of carbonyl (C=O) groups excluding carboxylic acids is 1. The number of aromatic amines is 1. The largest absolute Gasteiger partial charge is 0.361 e. The number of amides is 1. The molecule has 3 aromatic rings. The van der Waals surface area contributed by atoms with Gasteiger partial charge in [-0.25, -0.2) is 0 Å². The summed E-state index contributed by atoms with van der Waals surface area (Å²) in [6, 6.07) is 19.0. The van der Waals surface area contributed by atoms with Gasteiger partial charge in [-0.3, -0.25) is 4.79 Å². The molecule has 2 aromatic carbocycles. The minimum absolute atomic E-state index is 0.140. The van der Waals surface area contributed by atoms with Gasteiger partial charge in [-0.2, -0.15) is 0 Å². The molecule has 1 heterocycles. The third-order valence-corrected chi connectivity index (χ3v) is 6.23. The molecule has 0 aliphatic carbocycles. The normalized spacial score (nSPS) is 13.4. The first kappa shape index (κ1) is 23.1. The van der Waals surface area contributed by atoms with Gasteiger partial charge in [0.2, 0.25) is 5.91 Å². The zero-order valence-corrected chi connectivity index (χ0v) is 19.2. The first-order chi connectivity index (χ1) is 15.1. The molecule has 0 saturated carbocycles. The predicted octanol–water partition coefficient (Wildman–Crippen LogP) is 5.51. The van der Waals surface area contributed by atoms with Gasteiger partial charge < -0.3 is 15.2 Å². The van der Waals surface area contributed by atoms with Gasteiger partial charge in [-0.15, -0.1) is 0 Å². The number of H-pyrrole nitrogens is 1. The zero-order valence-electron chi connectivity index (χ0n) is 19.2. The van der Waals surface area contributed by atoms with Crippen molar-refractivity contribution in [2.24, 2.45) is 0 Å². The Bertz CT molecular complexity index is 930. The van der Waals surface area contributed by atoms with Gasteiger partial charge >= 0.3 is 0 Å². The maximum absolute atomic E-state index is 13.0. The van der Waals surface area contributed by atoms with Crippen molar-refractivity contribution < 1.29 is 4.79 Å². The number of fused-ring (bicyclic) bond motifs is 1. The number of carbonyl (C=O) groups is 1. The molecule has 0 radical (unpaired) electrons. The SMILES string of the molecule is CCN(CC)CCCC(C)NC(=O)CC(Cc1ccccc1)c1c[nH]c2ccccc12. The maximum atomic E-state index is 13.0. The standard InChI is InChI=1S/C27H37N3O/c1-4-30(5-2)17-11-12-21(3)29-27(31)19-23(18-22-13-7-6-8-14-22)25-20-28-26-16-10-9-15-24(25)26/h6-10,13-16,20-21,23,28H,4-5,11-12,17-19H2,1-3H3,(H,29,31). The summed E-state index contributed by atoms with van der Waals surface area (Å²) in [6.45, 7) is 9.79. The van der Waals surface area contributed by atoms with E-state index in [1.807, 2.05) is 12.1 Å². The molecule has 1 aromatic heterocycles. The number of nitrogens with zero attached hydrogens (tertiary/aromatic N) is 1. The second-order valence-corrected chi connectivity index (χ2v) is 8.52. The molecule has 4 heteroatoms. The van der Waals surface area contributed by atoms with Crippen LogP contribution in [0.2, 0.25) is 0 Å². The van der Waals surface area contributed by atoms with Gasteiger partial charge in [0.05, 0.1) is 0 Å². The molecular formula is C27H37N3O. The van der Waals surface area contributed by atoms with Crippen LogP contribution in [0.3, 0.4) is 0 Å². The Kier molecular flexibility index (Phi) is 8.72. The Labute approximate surface area is 187 Å². The summed E-state index contributed by atoms with van der Waals surface area (Å²) in [7, 11) is 0. The fourth-order valence-electron chi connectivity index (χ4n) is 4.41. The van der Waals surface area contributed by atoms with Crippen LogP contribution < -0.4 is 5.32 Å². The Hall–Kier alpha value is -2.59. The van der Waals surface area contributed by atoms with E-state index in [1.165, 1.54) is 16.5 Å². The number of hydrogen-bond donors (Lipinski definition) is 2. The van der Waals surface area contributed by atoms with Crippen LogP contribution in [0.5, 0.6) is 0 Å². The first-order valence-corrected chi connectivity index (χ1v) is 11.7. The lowest BCUT2D eigenvalue weighted by Gasteiger charge is -2.21. The van der Waals surface area contributed by atoms with Crippen LogP contribution >= 0.6 is 0 Å². The second-order valence-electron chi connectivity index (χ2n) is 8.52. The average Bonchev–Trinajstić information content (AvgIpc) is 3.21. The molecule has 0 aliphatic heterocycles. The summed E-state index contributed by atoms with van der Waals surface area (Å²) in [5, 5.41) is 4.46. The minimum atomic E-state index is 0.140. The van der Waals surface area contributed by atoms with Crippen LogP contribution in [0.25, 0.3) is 10.9 Å². The van der Waals surface area contributed by atoms with Crippen LogP contribution in [0.1, 0.15) is 57.1 Å². The molecule has 0 bridgehead atoms. The van der Waals surface area contributed by atoms with Crippen molar-refractivity contribution >= 4 is 16.8 Å². The third kappa shape index (κ3) is 6.70. The van der Waals surface area contributed by atoms with Crippen molar-refractivity contribution in [2.75, 3.05) is 19.6 Å². The van der Waals surface area contributed by atoms with E-state index in [2.05, 4.69) is 84.6 Å². The highest BCUT2D eigenvalue weighted by Gasteiger charge is 2.21. The van der Waals surface area contributed by atoms with Crippen molar-refractivity contribution in [3.05, 3.63) is 71.9 Å². The van der Waals surface area contributed by atoms with Gasteiger partial charge in [-0.05, 0) is 68.9 Å². The summed E-state index contributed by atoms with van der Waals surface area (Å²) >= 11 is 0.